The van der Waals surface area contributed by atoms with E-state index in [1.165, 1.54) is 11.3 Å². The summed E-state index contributed by atoms with van der Waals surface area (Å²) in [6.07, 6.45) is 1.80. The van der Waals surface area contributed by atoms with Gasteiger partial charge < -0.3 is 0 Å². The van der Waals surface area contributed by atoms with Crippen molar-refractivity contribution in [3.8, 4) is 0 Å². The van der Waals surface area contributed by atoms with Gasteiger partial charge in [0.2, 0.25) is 0 Å². The van der Waals surface area contributed by atoms with Crippen LogP contribution in [0.2, 0.25) is 0 Å². The monoisotopic (exact) mass is 236 g/mol. The van der Waals surface area contributed by atoms with E-state index in [1.807, 2.05) is 30.8 Å². The van der Waals surface area contributed by atoms with Crippen LogP contribution in [0, 0.1) is 5.92 Å². The van der Waals surface area contributed by atoms with E-state index in [0.717, 1.165) is 17.2 Å². The Morgan fingerprint density at radius 2 is 1.88 bits per heavy atom. The average molecular weight is 236 g/mol. The van der Waals surface area contributed by atoms with Crippen molar-refractivity contribution in [1.29, 1.82) is 0 Å². The Morgan fingerprint density at radius 3 is 2.38 bits per heavy atom. The number of Topliss-reactive ketones (excluding diaryl/α,β-unsaturated/α-hetero) is 1. The van der Waals surface area contributed by atoms with Gasteiger partial charge in [-0.3, -0.25) is 4.79 Å². The molecule has 0 aliphatic heterocycles. The van der Waals surface area contributed by atoms with Crippen LogP contribution < -0.4 is 0 Å². The summed E-state index contributed by atoms with van der Waals surface area (Å²) in [6.45, 7) is 6.38. The van der Waals surface area contributed by atoms with Gasteiger partial charge >= 0.3 is 0 Å². The lowest BCUT2D eigenvalue weighted by atomic mass is 10.1. The highest BCUT2D eigenvalue weighted by molar-refractivity contribution is 7.99. The molecule has 0 amide bonds. The van der Waals surface area contributed by atoms with Gasteiger partial charge in [0.25, 0.3) is 0 Å². The zero-order chi connectivity index (χ0) is 12.0. The van der Waals surface area contributed by atoms with Crippen LogP contribution in [-0.2, 0) is 0 Å². The molecule has 0 spiro atoms. The maximum absolute atomic E-state index is 11.4. The minimum atomic E-state index is 0.221. The molecule has 16 heavy (non-hydrogen) atoms. The van der Waals surface area contributed by atoms with Crippen LogP contribution in [0.25, 0.3) is 0 Å². The standard InChI is InChI=1S/C14H20OS/c1-4-11(3)10-16-13-8-6-12(7-9-13)14(15)5-2/h6-9,11H,4-5,10H2,1-3H3. The lowest BCUT2D eigenvalue weighted by Crippen LogP contribution is -1.97. The third-order valence-electron chi connectivity index (χ3n) is 2.73. The van der Waals surface area contributed by atoms with Crippen molar-refractivity contribution in [2.75, 3.05) is 5.75 Å². The summed E-state index contributed by atoms with van der Waals surface area (Å²) in [7, 11) is 0. The second-order valence-corrected chi connectivity index (χ2v) is 5.22. The second kappa shape index (κ2) is 6.74. The number of hydrogen-bond acceptors (Lipinski definition) is 2. The van der Waals surface area contributed by atoms with E-state index in [2.05, 4.69) is 26.0 Å². The molecule has 0 heterocycles. The maximum atomic E-state index is 11.4. The molecule has 0 bridgehead atoms. The largest absolute Gasteiger partial charge is 0.294 e. The van der Waals surface area contributed by atoms with Crippen LogP contribution in [0.1, 0.15) is 44.0 Å². The molecule has 1 unspecified atom stereocenters. The van der Waals surface area contributed by atoms with Gasteiger partial charge in [-0.2, -0.15) is 0 Å². The summed E-state index contributed by atoms with van der Waals surface area (Å²) < 4.78 is 0. The second-order valence-electron chi connectivity index (χ2n) is 4.13. The number of carbonyl (C=O) groups excluding carboxylic acids is 1. The van der Waals surface area contributed by atoms with Crippen LogP contribution in [0.4, 0.5) is 0 Å². The predicted molar refractivity (Wildman–Crippen MR) is 71.2 cm³/mol. The summed E-state index contributed by atoms with van der Waals surface area (Å²) in [5.74, 6) is 2.12. The van der Waals surface area contributed by atoms with Gasteiger partial charge in [0.05, 0.1) is 0 Å². The van der Waals surface area contributed by atoms with Gasteiger partial charge in [-0.25, -0.2) is 0 Å². The molecule has 0 saturated heterocycles. The van der Waals surface area contributed by atoms with Crippen LogP contribution in [-0.4, -0.2) is 11.5 Å². The highest BCUT2D eigenvalue weighted by atomic mass is 32.2. The number of benzene rings is 1. The molecular weight excluding hydrogens is 216 g/mol. The number of ketones is 1. The van der Waals surface area contributed by atoms with Gasteiger partial charge in [0, 0.05) is 22.6 Å². The molecule has 0 fully saturated rings. The van der Waals surface area contributed by atoms with Gasteiger partial charge in [-0.05, 0) is 18.1 Å². The van der Waals surface area contributed by atoms with E-state index in [4.69, 9.17) is 0 Å². The van der Waals surface area contributed by atoms with Crippen molar-refractivity contribution in [1.82, 2.24) is 0 Å². The van der Waals surface area contributed by atoms with Crippen molar-refractivity contribution >= 4 is 17.5 Å². The minimum absolute atomic E-state index is 0.221. The van der Waals surface area contributed by atoms with Crippen molar-refractivity contribution in [2.45, 2.75) is 38.5 Å². The molecule has 1 rings (SSSR count). The molecule has 1 atom stereocenters. The van der Waals surface area contributed by atoms with Gasteiger partial charge in [0.15, 0.2) is 5.78 Å². The van der Waals surface area contributed by atoms with E-state index in [1.54, 1.807) is 0 Å². The topological polar surface area (TPSA) is 17.1 Å². The quantitative estimate of drug-likeness (QED) is 0.537. The number of thioether (sulfide) groups is 1. The summed E-state index contributed by atoms with van der Waals surface area (Å²) in [5.41, 5.74) is 0.829. The maximum Gasteiger partial charge on any atom is 0.162 e. The molecule has 0 N–H and O–H groups in total. The van der Waals surface area contributed by atoms with Gasteiger partial charge in [-0.1, -0.05) is 39.3 Å². The van der Waals surface area contributed by atoms with Crippen LogP contribution in [0.5, 0.6) is 0 Å². The molecular formula is C14H20OS. The summed E-state index contributed by atoms with van der Waals surface area (Å²) in [4.78, 5) is 12.7. The van der Waals surface area contributed by atoms with E-state index < -0.39 is 0 Å². The minimum Gasteiger partial charge on any atom is -0.294 e. The molecule has 0 aromatic heterocycles. The molecule has 2 heteroatoms. The highest BCUT2D eigenvalue weighted by Gasteiger charge is 2.04. The summed E-state index contributed by atoms with van der Waals surface area (Å²) in [5, 5.41) is 0. The van der Waals surface area contributed by atoms with E-state index in [-0.39, 0.29) is 5.78 Å². The fourth-order valence-corrected chi connectivity index (χ4v) is 2.34. The molecule has 88 valence electrons. The van der Waals surface area contributed by atoms with Crippen LogP contribution >= 0.6 is 11.8 Å². The molecule has 0 radical (unpaired) electrons. The Balaban J connectivity index is 2.54. The third-order valence-corrected chi connectivity index (χ3v) is 4.07. The van der Waals surface area contributed by atoms with Crippen molar-refractivity contribution < 1.29 is 4.79 Å². The van der Waals surface area contributed by atoms with Crippen molar-refractivity contribution in [3.05, 3.63) is 29.8 Å². The van der Waals surface area contributed by atoms with Crippen LogP contribution in [0.3, 0.4) is 0 Å². The fraction of sp³-hybridized carbons (Fsp3) is 0.500. The third kappa shape index (κ3) is 4.01. The Morgan fingerprint density at radius 1 is 1.25 bits per heavy atom. The Labute approximate surface area is 103 Å². The first-order valence-electron chi connectivity index (χ1n) is 5.93. The van der Waals surface area contributed by atoms with Crippen molar-refractivity contribution in [3.63, 3.8) is 0 Å². The lowest BCUT2D eigenvalue weighted by molar-refractivity contribution is 0.0988. The lowest BCUT2D eigenvalue weighted by Gasteiger charge is -2.07. The Hall–Kier alpha value is -0.760. The molecule has 0 saturated carbocycles. The summed E-state index contributed by atoms with van der Waals surface area (Å²) in [6, 6.07) is 7.97. The first-order chi connectivity index (χ1) is 7.67. The number of hydrogen-bond donors (Lipinski definition) is 0. The van der Waals surface area contributed by atoms with Crippen LogP contribution in [0.15, 0.2) is 29.2 Å². The van der Waals surface area contributed by atoms with Gasteiger partial charge in [0.1, 0.15) is 0 Å². The predicted octanol–water partition coefficient (Wildman–Crippen LogP) is 4.42. The summed E-state index contributed by atoms with van der Waals surface area (Å²) >= 11 is 1.87. The first-order valence-corrected chi connectivity index (χ1v) is 6.92. The van der Waals surface area contributed by atoms with E-state index in [0.29, 0.717) is 6.42 Å². The Kier molecular flexibility index (Phi) is 5.61. The SMILES string of the molecule is CCC(=O)c1ccc(SCC(C)CC)cc1. The van der Waals surface area contributed by atoms with E-state index in [9.17, 15) is 4.79 Å². The first kappa shape index (κ1) is 13.3. The molecule has 0 aliphatic rings. The van der Waals surface area contributed by atoms with E-state index >= 15 is 0 Å². The number of rotatable bonds is 6. The molecule has 1 aromatic rings. The Bertz CT molecular complexity index is 329. The van der Waals surface area contributed by atoms with Gasteiger partial charge in [-0.15, -0.1) is 11.8 Å². The zero-order valence-electron chi connectivity index (χ0n) is 10.3. The normalized spacial score (nSPS) is 12.4. The van der Waals surface area contributed by atoms with Crippen molar-refractivity contribution in [2.24, 2.45) is 5.92 Å². The molecule has 1 aromatic carbocycles. The smallest absolute Gasteiger partial charge is 0.162 e. The average Bonchev–Trinajstić information content (AvgIpc) is 2.35. The fourth-order valence-electron chi connectivity index (χ4n) is 1.30. The highest BCUT2D eigenvalue weighted by Crippen LogP contribution is 2.22. The molecule has 1 nitrogen and oxygen atoms in total. The zero-order valence-corrected chi connectivity index (χ0v) is 11.1. The number of carbonyl (C=O) groups is 1. The molecule has 0 aliphatic carbocycles.